The molecule has 2 saturated carbocycles. The van der Waals surface area contributed by atoms with Crippen molar-refractivity contribution >= 4 is 11.9 Å². The summed E-state index contributed by atoms with van der Waals surface area (Å²) in [4.78, 5) is 26.6. The number of hydrogen-bond donors (Lipinski definition) is 2. The van der Waals surface area contributed by atoms with E-state index in [-0.39, 0.29) is 17.9 Å². The first-order valence-electron chi connectivity index (χ1n) is 10.1. The molecule has 0 unspecified atom stereocenters. The molecule has 3 fully saturated rings. The molecule has 3 aliphatic rings. The second kappa shape index (κ2) is 8.72. The van der Waals surface area contributed by atoms with Crippen LogP contribution in [0.15, 0.2) is 0 Å². The number of piperidine rings is 1. The maximum Gasteiger partial charge on any atom is 0.317 e. The Morgan fingerprint density at radius 2 is 1.46 bits per heavy atom. The van der Waals surface area contributed by atoms with Crippen molar-refractivity contribution in [3.63, 3.8) is 0 Å². The number of hydrogen-bond acceptors (Lipinski definition) is 2. The zero-order chi connectivity index (χ0) is 16.8. The Morgan fingerprint density at radius 1 is 0.833 bits per heavy atom. The van der Waals surface area contributed by atoms with Crippen LogP contribution in [0.2, 0.25) is 0 Å². The first-order chi connectivity index (χ1) is 11.7. The molecule has 1 heterocycles. The average molecular weight is 335 g/mol. The van der Waals surface area contributed by atoms with E-state index in [0.29, 0.717) is 25.0 Å². The lowest BCUT2D eigenvalue weighted by molar-refractivity contribution is -0.127. The average Bonchev–Trinajstić information content (AvgIpc) is 3.14. The number of likely N-dealkylation sites (tertiary alicyclic amines) is 1. The smallest absolute Gasteiger partial charge is 0.317 e. The van der Waals surface area contributed by atoms with Crippen LogP contribution in [0.5, 0.6) is 0 Å². The van der Waals surface area contributed by atoms with Crippen molar-refractivity contribution in [3.8, 4) is 0 Å². The fourth-order valence-corrected chi connectivity index (χ4v) is 4.47. The van der Waals surface area contributed by atoms with E-state index < -0.39 is 0 Å². The van der Waals surface area contributed by atoms with E-state index in [4.69, 9.17) is 0 Å². The van der Waals surface area contributed by atoms with Crippen LogP contribution in [-0.4, -0.2) is 42.5 Å². The van der Waals surface area contributed by atoms with Gasteiger partial charge in [0.15, 0.2) is 0 Å². The topological polar surface area (TPSA) is 61.4 Å². The molecule has 136 valence electrons. The van der Waals surface area contributed by atoms with E-state index in [1.54, 1.807) is 0 Å². The summed E-state index contributed by atoms with van der Waals surface area (Å²) < 4.78 is 0. The van der Waals surface area contributed by atoms with Gasteiger partial charge in [0.25, 0.3) is 0 Å². The largest absolute Gasteiger partial charge is 0.353 e. The summed E-state index contributed by atoms with van der Waals surface area (Å²) in [6.07, 6.45) is 12.8. The van der Waals surface area contributed by atoms with Crippen LogP contribution in [0.1, 0.15) is 70.6 Å². The molecule has 2 N–H and O–H groups in total. The van der Waals surface area contributed by atoms with Crippen LogP contribution in [0.3, 0.4) is 0 Å². The van der Waals surface area contributed by atoms with Crippen LogP contribution < -0.4 is 10.6 Å². The number of urea groups is 1. The first kappa shape index (κ1) is 17.6. The van der Waals surface area contributed by atoms with E-state index in [1.807, 2.05) is 4.90 Å². The quantitative estimate of drug-likeness (QED) is 0.829. The van der Waals surface area contributed by atoms with Gasteiger partial charge in [-0.3, -0.25) is 4.79 Å². The molecule has 3 amide bonds. The Morgan fingerprint density at radius 3 is 2.12 bits per heavy atom. The third kappa shape index (κ3) is 4.87. The van der Waals surface area contributed by atoms with Crippen LogP contribution in [0.25, 0.3) is 0 Å². The maximum absolute atomic E-state index is 12.4. The summed E-state index contributed by atoms with van der Waals surface area (Å²) >= 11 is 0. The van der Waals surface area contributed by atoms with Crippen molar-refractivity contribution in [2.75, 3.05) is 19.6 Å². The molecule has 1 aliphatic heterocycles. The molecule has 1 saturated heterocycles. The van der Waals surface area contributed by atoms with Gasteiger partial charge in [-0.1, -0.05) is 32.1 Å². The molecule has 0 aromatic heterocycles. The van der Waals surface area contributed by atoms with Crippen LogP contribution >= 0.6 is 0 Å². The lowest BCUT2D eigenvalue weighted by atomic mass is 9.92. The molecule has 0 aromatic rings. The predicted molar refractivity (Wildman–Crippen MR) is 94.7 cm³/mol. The third-order valence-electron chi connectivity index (χ3n) is 6.12. The highest BCUT2D eigenvalue weighted by Crippen LogP contribution is 2.24. The minimum absolute atomic E-state index is 0.0630. The third-order valence-corrected chi connectivity index (χ3v) is 6.12. The normalized spacial score (nSPS) is 24.1. The first-order valence-corrected chi connectivity index (χ1v) is 10.1. The number of amides is 3. The SMILES string of the molecule is O=C(NC1CCCCC1)C1CCN(C(=O)NCC2CCCC2)CC1. The molecule has 3 rings (SSSR count). The van der Waals surface area contributed by atoms with Crippen molar-refractivity contribution in [1.82, 2.24) is 15.5 Å². The Hall–Kier alpha value is -1.26. The second-order valence-electron chi connectivity index (χ2n) is 7.94. The summed E-state index contributed by atoms with van der Waals surface area (Å²) in [6.45, 7) is 2.24. The van der Waals surface area contributed by atoms with E-state index >= 15 is 0 Å². The van der Waals surface area contributed by atoms with E-state index in [2.05, 4.69) is 10.6 Å². The highest BCUT2D eigenvalue weighted by atomic mass is 16.2. The van der Waals surface area contributed by atoms with Gasteiger partial charge in [0.05, 0.1) is 0 Å². The molecule has 0 bridgehead atoms. The summed E-state index contributed by atoms with van der Waals surface area (Å²) in [5.41, 5.74) is 0. The zero-order valence-corrected chi connectivity index (χ0v) is 14.9. The van der Waals surface area contributed by atoms with Gasteiger partial charge in [0.1, 0.15) is 0 Å². The fraction of sp³-hybridized carbons (Fsp3) is 0.895. The van der Waals surface area contributed by atoms with Gasteiger partial charge in [0, 0.05) is 31.6 Å². The lowest BCUT2D eigenvalue weighted by Gasteiger charge is -2.33. The van der Waals surface area contributed by atoms with Gasteiger partial charge in [-0.2, -0.15) is 0 Å². The highest BCUT2D eigenvalue weighted by molar-refractivity contribution is 5.80. The predicted octanol–water partition coefficient (Wildman–Crippen LogP) is 3.05. The summed E-state index contributed by atoms with van der Waals surface area (Å²) in [7, 11) is 0. The summed E-state index contributed by atoms with van der Waals surface area (Å²) in [5.74, 6) is 0.978. The number of carbonyl (C=O) groups excluding carboxylic acids is 2. The van der Waals surface area contributed by atoms with Gasteiger partial charge in [-0.25, -0.2) is 4.79 Å². The minimum atomic E-state index is 0.0630. The second-order valence-corrected chi connectivity index (χ2v) is 7.94. The molecule has 0 spiro atoms. The van der Waals surface area contributed by atoms with Gasteiger partial charge >= 0.3 is 6.03 Å². The molecular weight excluding hydrogens is 302 g/mol. The molecule has 5 heteroatoms. The van der Waals surface area contributed by atoms with Crippen LogP contribution in [0, 0.1) is 11.8 Å². The van der Waals surface area contributed by atoms with Crippen LogP contribution in [-0.2, 0) is 4.79 Å². The van der Waals surface area contributed by atoms with Gasteiger partial charge in [0.2, 0.25) is 5.91 Å². The summed E-state index contributed by atoms with van der Waals surface area (Å²) in [5, 5.41) is 6.33. The standard InChI is InChI=1S/C19H33N3O2/c23-18(21-17-8-2-1-3-9-17)16-10-12-22(13-11-16)19(24)20-14-15-6-4-5-7-15/h15-17H,1-14H2,(H,20,24)(H,21,23). The molecule has 24 heavy (non-hydrogen) atoms. The van der Waals surface area contributed by atoms with E-state index in [0.717, 1.165) is 32.2 Å². The number of nitrogens with one attached hydrogen (secondary N) is 2. The van der Waals surface area contributed by atoms with E-state index in [9.17, 15) is 9.59 Å². The van der Waals surface area contributed by atoms with Gasteiger partial charge < -0.3 is 15.5 Å². The van der Waals surface area contributed by atoms with Gasteiger partial charge in [-0.05, 0) is 44.4 Å². The Bertz CT molecular complexity index is 420. The van der Waals surface area contributed by atoms with E-state index in [1.165, 1.54) is 44.9 Å². The lowest BCUT2D eigenvalue weighted by Crippen LogP contribution is -2.48. The molecule has 0 aromatic carbocycles. The number of carbonyl (C=O) groups is 2. The number of rotatable bonds is 4. The maximum atomic E-state index is 12.4. The molecule has 5 nitrogen and oxygen atoms in total. The highest BCUT2D eigenvalue weighted by Gasteiger charge is 2.29. The molecular formula is C19H33N3O2. The Kier molecular flexibility index (Phi) is 6.38. The van der Waals surface area contributed by atoms with Crippen molar-refractivity contribution in [3.05, 3.63) is 0 Å². The monoisotopic (exact) mass is 335 g/mol. The van der Waals surface area contributed by atoms with Crippen molar-refractivity contribution in [2.24, 2.45) is 11.8 Å². The van der Waals surface area contributed by atoms with Gasteiger partial charge in [-0.15, -0.1) is 0 Å². The molecule has 2 aliphatic carbocycles. The molecule has 0 atom stereocenters. The molecule has 0 radical (unpaired) electrons. The zero-order valence-electron chi connectivity index (χ0n) is 14.9. The summed E-state index contributed by atoms with van der Waals surface area (Å²) in [6, 6.07) is 0.451. The minimum Gasteiger partial charge on any atom is -0.353 e. The fourth-order valence-electron chi connectivity index (χ4n) is 4.47. The Labute approximate surface area is 145 Å². The van der Waals surface area contributed by atoms with Crippen molar-refractivity contribution in [1.29, 1.82) is 0 Å². The van der Waals surface area contributed by atoms with Crippen molar-refractivity contribution in [2.45, 2.75) is 76.7 Å². The Balaban J connectivity index is 1.35. The van der Waals surface area contributed by atoms with Crippen molar-refractivity contribution < 1.29 is 9.59 Å². The number of nitrogens with zero attached hydrogens (tertiary/aromatic N) is 1. The van der Waals surface area contributed by atoms with Crippen LogP contribution in [0.4, 0.5) is 4.79 Å².